The maximum atomic E-state index is 15.3. The average Bonchev–Trinajstić information content (AvgIpc) is 3.99. The maximum Gasteiger partial charge on any atom is 0.258 e. The monoisotopic (exact) mass is 888 g/mol. The standard InChI is InChI=1S/C48H54F2N10O5/c1-28-5-4-16-65-46-35(22-51-56(46)3)39-19-32(17-29(2)52-39)43(62)55-47-53-38-8-6-30(18-40(38)60(47)23-28)24-57-14-11-48(12-15-57)26-59(27-48)45(64)31-10-13-58(25-31)33-20-36(49)42(37(50)21-33)34-7-9-41(61)54-44(34)63/h6,8,17-22,28,31,34H,4-5,7,9-16,23-27H2,1-3H3,(H,53,55,62)(H,54,61,63)/t28-,31-,34-/m1/s1. The van der Waals surface area contributed by atoms with Crippen molar-refractivity contribution in [2.24, 2.45) is 24.3 Å². The number of anilines is 2. The third-order valence-corrected chi connectivity index (χ3v) is 14.2. The van der Waals surface area contributed by atoms with E-state index in [-0.39, 0.29) is 47.5 Å². The van der Waals surface area contributed by atoms with E-state index in [4.69, 9.17) is 14.7 Å². The summed E-state index contributed by atoms with van der Waals surface area (Å²) in [6.07, 6.45) is 6.14. The van der Waals surface area contributed by atoms with Gasteiger partial charge >= 0.3 is 0 Å². The van der Waals surface area contributed by atoms with Gasteiger partial charge in [-0.25, -0.2) is 18.4 Å². The first kappa shape index (κ1) is 42.7. The molecule has 3 atom stereocenters. The topological polar surface area (TPSA) is 160 Å². The lowest BCUT2D eigenvalue weighted by Crippen LogP contribution is -2.62. The van der Waals surface area contributed by atoms with Crippen LogP contribution in [0.2, 0.25) is 0 Å². The second-order valence-corrected chi connectivity index (χ2v) is 19.0. The van der Waals surface area contributed by atoms with Crippen LogP contribution in [0.1, 0.15) is 85.0 Å². The third-order valence-electron chi connectivity index (χ3n) is 14.2. The summed E-state index contributed by atoms with van der Waals surface area (Å²) in [7, 11) is 1.84. The predicted molar refractivity (Wildman–Crippen MR) is 238 cm³/mol. The van der Waals surface area contributed by atoms with E-state index < -0.39 is 29.4 Å². The average molecular weight is 889 g/mol. The van der Waals surface area contributed by atoms with Gasteiger partial charge in [-0.2, -0.15) is 5.10 Å². The number of imide groups is 1. The van der Waals surface area contributed by atoms with Gasteiger partial charge in [-0.15, -0.1) is 0 Å². The van der Waals surface area contributed by atoms with Crippen molar-refractivity contribution in [3.8, 4) is 17.1 Å². The number of carbonyl (C=O) groups is 4. The van der Waals surface area contributed by atoms with E-state index in [0.29, 0.717) is 80.2 Å². The quantitative estimate of drug-likeness (QED) is 0.202. The van der Waals surface area contributed by atoms with Gasteiger partial charge in [-0.05, 0) is 106 Å². The predicted octanol–water partition coefficient (Wildman–Crippen LogP) is 5.95. The van der Waals surface area contributed by atoms with Crippen LogP contribution in [0.3, 0.4) is 0 Å². The van der Waals surface area contributed by atoms with Crippen LogP contribution in [0.25, 0.3) is 22.3 Å². The third kappa shape index (κ3) is 8.34. The van der Waals surface area contributed by atoms with Crippen molar-refractivity contribution in [1.29, 1.82) is 0 Å². The molecule has 4 amide bonds. The SMILES string of the molecule is Cc1cc2cc(n1)-c1cnn(C)c1OCCC[C@@H](C)Cn1c(nc3ccc(CN4CCC5(CC4)CN(C(=O)[C@@H]4CCN(c6cc(F)c([C@H]7CCC(=O)NC7=O)c(F)c6)C4)C5)cc31)NC2=O. The highest BCUT2D eigenvalue weighted by molar-refractivity contribution is 6.05. The van der Waals surface area contributed by atoms with Crippen LogP contribution >= 0.6 is 0 Å². The van der Waals surface area contributed by atoms with Gasteiger partial charge in [0.05, 0.1) is 46.9 Å². The largest absolute Gasteiger partial charge is 0.477 e. The van der Waals surface area contributed by atoms with Gasteiger partial charge in [0.1, 0.15) is 11.6 Å². The van der Waals surface area contributed by atoms with Gasteiger partial charge in [0.15, 0.2) is 0 Å². The van der Waals surface area contributed by atoms with Gasteiger partial charge in [-0.1, -0.05) is 13.0 Å². The number of aryl methyl sites for hydroxylation is 2. The number of pyridine rings is 1. The van der Waals surface area contributed by atoms with Crippen LogP contribution in [0.4, 0.5) is 20.4 Å². The summed E-state index contributed by atoms with van der Waals surface area (Å²) < 4.78 is 40.7. The lowest BCUT2D eigenvalue weighted by Gasteiger charge is -2.54. The van der Waals surface area contributed by atoms with Crippen LogP contribution in [-0.4, -0.2) is 104 Å². The fraction of sp³-hybridized carbons (Fsp3) is 0.479. The van der Waals surface area contributed by atoms with Crippen LogP contribution in [0, 0.1) is 35.8 Å². The number of likely N-dealkylation sites (tertiary alicyclic amines) is 2. The second-order valence-electron chi connectivity index (χ2n) is 19.0. The minimum atomic E-state index is -1.06. The number of piperidine rings is 2. The molecular formula is C48H54F2N10O5. The lowest BCUT2D eigenvalue weighted by atomic mass is 9.71. The van der Waals surface area contributed by atoms with Crippen molar-refractivity contribution in [3.05, 3.63) is 82.7 Å². The van der Waals surface area contributed by atoms with Crippen LogP contribution < -0.4 is 20.3 Å². The van der Waals surface area contributed by atoms with E-state index in [9.17, 15) is 19.2 Å². The molecule has 0 radical (unpaired) electrons. The van der Waals surface area contributed by atoms with Gasteiger partial charge in [0.25, 0.3) is 5.91 Å². The van der Waals surface area contributed by atoms with E-state index in [1.165, 1.54) is 17.7 Å². The lowest BCUT2D eigenvalue weighted by molar-refractivity contribution is -0.150. The highest BCUT2D eigenvalue weighted by atomic mass is 19.1. The number of carbonyl (C=O) groups excluding carboxylic acids is 4. The Hall–Kier alpha value is -6.23. The molecule has 65 heavy (non-hydrogen) atoms. The minimum Gasteiger partial charge on any atom is -0.477 e. The number of halogens is 2. The molecule has 0 aliphatic carbocycles. The zero-order valence-corrected chi connectivity index (χ0v) is 37.0. The molecular weight excluding hydrogens is 835 g/mol. The first-order chi connectivity index (χ1) is 31.3. The number of fused-ring (bicyclic) bond motifs is 7. The first-order valence-electron chi connectivity index (χ1n) is 22.8. The molecule has 5 aliphatic heterocycles. The molecule has 3 aromatic heterocycles. The first-order valence-corrected chi connectivity index (χ1v) is 22.8. The highest BCUT2D eigenvalue weighted by Crippen LogP contribution is 2.43. The van der Waals surface area contributed by atoms with Gasteiger partial charge in [0, 0.05) is 80.7 Å². The molecule has 340 valence electrons. The van der Waals surface area contributed by atoms with Crippen molar-refractivity contribution >= 4 is 46.3 Å². The van der Waals surface area contributed by atoms with Crippen LogP contribution in [-0.2, 0) is 34.5 Å². The molecule has 0 unspecified atom stereocenters. The number of benzene rings is 2. The number of nitrogens with zero attached hydrogens (tertiary/aromatic N) is 8. The van der Waals surface area contributed by atoms with Crippen LogP contribution in [0.5, 0.6) is 5.88 Å². The number of hydrogen-bond acceptors (Lipinski definition) is 10. The number of amides is 4. The Morgan fingerprint density at radius 2 is 1.72 bits per heavy atom. The van der Waals surface area contributed by atoms with E-state index in [1.807, 2.05) is 29.8 Å². The zero-order valence-electron chi connectivity index (χ0n) is 37.0. The number of aromatic nitrogens is 5. The molecule has 5 aliphatic rings. The molecule has 15 nitrogen and oxygen atoms in total. The fourth-order valence-electron chi connectivity index (χ4n) is 10.6. The summed E-state index contributed by atoms with van der Waals surface area (Å²) in [6.45, 7) is 10.2. The molecule has 4 fully saturated rings. The normalized spacial score (nSPS) is 22.7. The van der Waals surface area contributed by atoms with Crippen molar-refractivity contribution in [2.75, 3.05) is 56.1 Å². The molecule has 8 heterocycles. The molecule has 2 N–H and O–H groups in total. The summed E-state index contributed by atoms with van der Waals surface area (Å²) in [4.78, 5) is 67.4. The molecule has 10 rings (SSSR count). The smallest absolute Gasteiger partial charge is 0.258 e. The fourth-order valence-corrected chi connectivity index (χ4v) is 10.6. The number of hydrogen-bond donors (Lipinski definition) is 2. The molecule has 5 aromatic rings. The summed E-state index contributed by atoms with van der Waals surface area (Å²) in [5, 5.41) is 9.71. The minimum absolute atomic E-state index is 0.0283. The van der Waals surface area contributed by atoms with Crippen LogP contribution in [0.15, 0.2) is 48.7 Å². The van der Waals surface area contributed by atoms with Gasteiger partial charge in [0.2, 0.25) is 29.5 Å². The van der Waals surface area contributed by atoms with E-state index in [0.717, 1.165) is 61.9 Å². The number of nitrogens with one attached hydrogen (secondary N) is 2. The molecule has 0 saturated carbocycles. The summed E-state index contributed by atoms with van der Waals surface area (Å²) in [5.41, 5.74) is 5.62. The van der Waals surface area contributed by atoms with E-state index in [1.54, 1.807) is 23.0 Å². The Kier molecular flexibility index (Phi) is 11.1. The molecule has 2 aromatic carbocycles. The number of ether oxygens (including phenoxy) is 1. The molecule has 2 bridgehead atoms. The van der Waals surface area contributed by atoms with Crippen molar-refractivity contribution in [1.82, 2.24) is 39.4 Å². The maximum absolute atomic E-state index is 15.3. The molecule has 1 spiro atoms. The number of imidazole rings is 1. The highest BCUT2D eigenvalue weighted by Gasteiger charge is 2.48. The van der Waals surface area contributed by atoms with Crippen molar-refractivity contribution in [3.63, 3.8) is 0 Å². The number of rotatable bonds is 5. The summed E-state index contributed by atoms with van der Waals surface area (Å²) >= 11 is 0. The van der Waals surface area contributed by atoms with E-state index >= 15 is 8.78 Å². The molecule has 17 heteroatoms. The van der Waals surface area contributed by atoms with Crippen molar-refractivity contribution in [2.45, 2.75) is 77.8 Å². The van der Waals surface area contributed by atoms with Gasteiger partial charge in [-0.3, -0.25) is 39.7 Å². The Labute approximate surface area is 375 Å². The zero-order chi connectivity index (χ0) is 45.1. The summed E-state index contributed by atoms with van der Waals surface area (Å²) in [6, 6.07) is 12.4. The Balaban J connectivity index is 0.765. The van der Waals surface area contributed by atoms with Crippen molar-refractivity contribution < 1.29 is 32.7 Å². The Bertz CT molecular complexity index is 2690. The summed E-state index contributed by atoms with van der Waals surface area (Å²) in [5.74, 6) is -2.85. The Morgan fingerprint density at radius 3 is 2.49 bits per heavy atom. The van der Waals surface area contributed by atoms with E-state index in [2.05, 4.69) is 44.3 Å². The molecule has 4 saturated heterocycles. The Morgan fingerprint density at radius 1 is 0.938 bits per heavy atom. The second kappa shape index (κ2) is 17.0. The van der Waals surface area contributed by atoms with Gasteiger partial charge < -0.3 is 19.1 Å².